The minimum absolute atomic E-state index is 0.0270. The largest absolute Gasteiger partial charge is 0.308 e. The van der Waals surface area contributed by atoms with Gasteiger partial charge in [-0.3, -0.25) is 0 Å². The van der Waals surface area contributed by atoms with Crippen LogP contribution in [-0.2, 0) is 0 Å². The van der Waals surface area contributed by atoms with E-state index in [1.165, 1.54) is 0 Å². The second-order valence-electron chi connectivity index (χ2n) is 15.1. The second-order valence-corrected chi connectivity index (χ2v) is 15.1. The van der Waals surface area contributed by atoms with Crippen LogP contribution >= 0.6 is 0 Å². The van der Waals surface area contributed by atoms with Crippen LogP contribution in [0.1, 0.15) is 27.5 Å². The summed E-state index contributed by atoms with van der Waals surface area (Å²) in [5.41, 5.74) is 2.09. The predicted molar refractivity (Wildman–Crippen MR) is 264 cm³/mol. The maximum absolute atomic E-state index is 12.2. The van der Waals surface area contributed by atoms with Crippen LogP contribution in [0.4, 0.5) is 0 Å². The molecule has 0 spiro atoms. The molecule has 0 radical (unpaired) electrons. The van der Waals surface area contributed by atoms with Crippen molar-refractivity contribution < 1.29 is 21.9 Å². The lowest BCUT2D eigenvalue weighted by atomic mass is 9.99. The molecule has 0 unspecified atom stereocenters. The van der Waals surface area contributed by atoms with Gasteiger partial charge in [0.05, 0.1) is 77.7 Å². The number of aromatic nitrogens is 6. The van der Waals surface area contributed by atoms with Gasteiger partial charge in [0, 0.05) is 43.4 Å². The maximum atomic E-state index is 12.2. The smallest absolute Gasteiger partial charge is 0.168 e. The summed E-state index contributed by atoms with van der Waals surface area (Å²) >= 11 is 0. The van der Waals surface area contributed by atoms with Crippen molar-refractivity contribution in [3.63, 3.8) is 0 Å². The van der Waals surface area contributed by atoms with E-state index in [-0.39, 0.29) is 64.4 Å². The first kappa shape index (κ1) is 23.9. The monoisotopic (exact) mass is 845 g/mol. The maximum Gasteiger partial charge on any atom is 0.168 e. The highest BCUT2D eigenvalue weighted by Gasteiger charge is 2.31. The van der Waals surface area contributed by atoms with E-state index >= 15 is 0 Å². The fourth-order valence-corrected chi connectivity index (χ4v) is 9.13. The van der Waals surface area contributed by atoms with Crippen molar-refractivity contribution >= 4 is 65.4 Å². The Balaban J connectivity index is 1.34. The molecular formula is C58H35N7. The molecule has 65 heavy (non-hydrogen) atoms. The van der Waals surface area contributed by atoms with E-state index in [1.807, 2.05) is 9.13 Å². The predicted octanol–water partition coefficient (Wildman–Crippen LogP) is 14.0. The molecule has 4 aromatic heterocycles. The van der Waals surface area contributed by atoms with Gasteiger partial charge < -0.3 is 13.7 Å². The van der Waals surface area contributed by atoms with Crippen LogP contribution in [0.5, 0.6) is 0 Å². The Morgan fingerprint density at radius 3 is 1.09 bits per heavy atom. The van der Waals surface area contributed by atoms with E-state index in [9.17, 15) is 10.7 Å². The molecule has 0 saturated heterocycles. The average molecular weight is 846 g/mol. The molecular weight excluding hydrogens is 795 g/mol. The Hall–Kier alpha value is -9.12. The number of hydrogen-bond donors (Lipinski definition) is 0. The van der Waals surface area contributed by atoms with Gasteiger partial charge in [-0.25, -0.2) is 15.0 Å². The van der Waals surface area contributed by atoms with Gasteiger partial charge in [0.1, 0.15) is 11.6 Å². The zero-order valence-corrected chi connectivity index (χ0v) is 33.6. The van der Waals surface area contributed by atoms with Gasteiger partial charge in [-0.05, 0) is 42.5 Å². The molecule has 0 N–H and O–H groups in total. The fraction of sp³-hybridized carbons (Fsp3) is 0. The molecule has 9 aromatic carbocycles. The number of para-hydroxylation sites is 6. The number of hydrogen-bond acceptors (Lipinski definition) is 4. The molecule has 0 fully saturated rings. The van der Waals surface area contributed by atoms with E-state index in [0.717, 1.165) is 0 Å². The Morgan fingerprint density at radius 1 is 0.385 bits per heavy atom. The fourth-order valence-electron chi connectivity index (χ4n) is 9.13. The highest BCUT2D eigenvalue weighted by atomic mass is 15.1. The SMILES string of the molecule is [2H]c1ccc2c(c1)c1cc([2H])ccc1n2-c1cc(-n2c3ccc([2H])cc3c3cc([2H])ccc32)c(-c2nc(-c3c([2H])c([2H])c([2H])c([2H])c3[2H])nc(-c3c([2H])c([2H])c([2H])c([2H])c3[2H])n2)c(-n2c3ccc([2H])cc3c3cc([2H])ccc32)c1C#N. The molecule has 4 heterocycles. The van der Waals surface area contributed by atoms with E-state index in [2.05, 4.69) is 11.1 Å². The van der Waals surface area contributed by atoms with Crippen molar-refractivity contribution in [3.8, 4) is 57.3 Å². The Morgan fingerprint density at radius 2 is 0.723 bits per heavy atom. The highest BCUT2D eigenvalue weighted by molar-refractivity contribution is 6.13. The number of nitrogens with zero attached hydrogens (tertiary/aromatic N) is 7. The zero-order valence-electron chi connectivity index (χ0n) is 49.6. The highest BCUT2D eigenvalue weighted by Crippen LogP contribution is 2.46. The third-order valence-corrected chi connectivity index (χ3v) is 11.7. The third kappa shape index (κ3) is 5.51. The van der Waals surface area contributed by atoms with Crippen LogP contribution in [0.3, 0.4) is 0 Å². The average Bonchev–Trinajstić information content (AvgIpc) is 4.30. The third-order valence-electron chi connectivity index (χ3n) is 11.7. The van der Waals surface area contributed by atoms with Gasteiger partial charge in [-0.15, -0.1) is 0 Å². The van der Waals surface area contributed by atoms with E-state index < -0.39 is 89.0 Å². The number of fused-ring (bicyclic) bond motifs is 9. The lowest BCUT2D eigenvalue weighted by Crippen LogP contribution is -2.12. The molecule has 13 rings (SSSR count). The summed E-state index contributed by atoms with van der Waals surface area (Å²) in [4.78, 5) is 14.6. The molecule has 0 aliphatic carbocycles. The summed E-state index contributed by atoms with van der Waals surface area (Å²) in [6.45, 7) is 0. The van der Waals surface area contributed by atoms with Gasteiger partial charge in [0.15, 0.2) is 17.5 Å². The first-order chi connectivity index (χ1) is 38.8. The van der Waals surface area contributed by atoms with Crippen molar-refractivity contribution in [3.05, 3.63) is 218 Å². The summed E-state index contributed by atoms with van der Waals surface area (Å²) in [6.07, 6.45) is 0. The molecule has 7 nitrogen and oxygen atoms in total. The van der Waals surface area contributed by atoms with Crippen molar-refractivity contribution in [2.45, 2.75) is 0 Å². The molecule has 0 aliphatic rings. The van der Waals surface area contributed by atoms with E-state index in [1.54, 1.807) is 120 Å². The van der Waals surface area contributed by atoms with Crippen LogP contribution in [0.15, 0.2) is 212 Å². The molecule has 0 amide bonds. The van der Waals surface area contributed by atoms with Crippen LogP contribution in [0.2, 0.25) is 0 Å². The van der Waals surface area contributed by atoms with Gasteiger partial charge in [0.2, 0.25) is 0 Å². The molecule has 0 aliphatic heterocycles. The van der Waals surface area contributed by atoms with Crippen LogP contribution in [0, 0.1) is 11.3 Å². The second kappa shape index (κ2) is 14.5. The summed E-state index contributed by atoms with van der Waals surface area (Å²) in [5.74, 6) is -1.54. The standard InChI is InChI=1S/C58H35N7/c59-36-45-52(63-46-29-13-7-23-39(46)40-24-8-14-30-47(40)63)35-53(64-48-31-15-9-25-41(48)42-26-10-16-32-49(42)64)54(55(45)65-50-33-17-11-27-43(50)44-28-12-18-34-51(44)65)58-61-56(37-19-3-1-4-20-37)60-57(62-58)38-21-5-2-6-22-38/h1-35H/i1D,2D,3D,4D,5D,6D,7D,8D,9D,10D,11D,12D,19D,20D,21D,22D. The summed E-state index contributed by atoms with van der Waals surface area (Å²) in [5, 5.41) is 15.4. The van der Waals surface area contributed by atoms with Crippen molar-refractivity contribution in [1.29, 1.82) is 5.26 Å². The van der Waals surface area contributed by atoms with Crippen molar-refractivity contribution in [2.24, 2.45) is 0 Å². The molecule has 0 bridgehead atoms. The van der Waals surface area contributed by atoms with E-state index in [4.69, 9.17) is 26.4 Å². The summed E-state index contributed by atoms with van der Waals surface area (Å²) in [7, 11) is 0. The minimum atomic E-state index is -0.753. The Kier molecular flexibility index (Phi) is 5.33. The van der Waals surface area contributed by atoms with Crippen molar-refractivity contribution in [2.75, 3.05) is 0 Å². The van der Waals surface area contributed by atoms with Crippen LogP contribution in [0.25, 0.3) is 117 Å². The lowest BCUT2D eigenvalue weighted by molar-refractivity contribution is 1.04. The minimum Gasteiger partial charge on any atom is -0.308 e. The van der Waals surface area contributed by atoms with E-state index in [0.29, 0.717) is 65.4 Å². The molecule has 0 atom stereocenters. The van der Waals surface area contributed by atoms with Crippen molar-refractivity contribution in [1.82, 2.24) is 28.7 Å². The normalized spacial score (nSPS) is 15.1. The van der Waals surface area contributed by atoms with Gasteiger partial charge >= 0.3 is 0 Å². The Bertz CT molecular complexity index is 4730. The van der Waals surface area contributed by atoms with Crippen LogP contribution in [-0.4, -0.2) is 28.7 Å². The molecule has 302 valence electrons. The topological polar surface area (TPSA) is 77.2 Å². The Labute approximate surface area is 395 Å². The summed E-state index contributed by atoms with van der Waals surface area (Å²) < 4.78 is 147. The first-order valence-corrected chi connectivity index (χ1v) is 20.3. The number of benzene rings is 9. The number of nitriles is 1. The van der Waals surface area contributed by atoms with Gasteiger partial charge in [0.25, 0.3) is 0 Å². The summed E-state index contributed by atoms with van der Waals surface area (Å²) in [6, 6.07) is 27.2. The number of rotatable bonds is 6. The van der Waals surface area contributed by atoms with Gasteiger partial charge in [-0.1, -0.05) is 169 Å². The quantitative estimate of drug-likeness (QED) is 0.167. The lowest BCUT2D eigenvalue weighted by Gasteiger charge is -2.24. The van der Waals surface area contributed by atoms with Crippen LogP contribution < -0.4 is 0 Å². The molecule has 13 aromatic rings. The zero-order chi connectivity index (χ0) is 56.9. The molecule has 7 heteroatoms. The first-order valence-electron chi connectivity index (χ1n) is 28.3. The van der Waals surface area contributed by atoms with Gasteiger partial charge in [-0.2, -0.15) is 5.26 Å². The molecule has 0 saturated carbocycles.